The van der Waals surface area contributed by atoms with Crippen molar-refractivity contribution in [1.29, 1.82) is 0 Å². The first-order valence-corrected chi connectivity index (χ1v) is 7.47. The van der Waals surface area contributed by atoms with Gasteiger partial charge in [-0.15, -0.1) is 0 Å². The summed E-state index contributed by atoms with van der Waals surface area (Å²) in [5.41, 5.74) is 1.73. The van der Waals surface area contributed by atoms with Gasteiger partial charge in [0.2, 0.25) is 0 Å². The van der Waals surface area contributed by atoms with Gasteiger partial charge in [0, 0.05) is 12.4 Å². The van der Waals surface area contributed by atoms with Crippen LogP contribution in [0.4, 0.5) is 10.5 Å². The molecule has 0 bridgehead atoms. The molecule has 2 heterocycles. The lowest BCUT2D eigenvalue weighted by atomic mass is 10.0. The molecule has 2 aromatic rings. The lowest BCUT2D eigenvalue weighted by Crippen LogP contribution is -2.54. The minimum absolute atomic E-state index is 0.124. The number of amides is 4. The van der Waals surface area contributed by atoms with Gasteiger partial charge in [0.25, 0.3) is 11.8 Å². The Hall–Kier alpha value is -3.48. The Balaban J connectivity index is 2.00. The Labute approximate surface area is 143 Å². The molecular weight excluding hydrogens is 322 g/mol. The number of aryl methyl sites for hydroxylation is 1. The van der Waals surface area contributed by atoms with Crippen molar-refractivity contribution < 1.29 is 19.1 Å². The molecule has 0 spiro atoms. The molecule has 0 unspecified atom stereocenters. The zero-order valence-electron chi connectivity index (χ0n) is 13.6. The maximum Gasteiger partial charge on any atom is 0.335 e. The highest BCUT2D eigenvalue weighted by Gasteiger charge is 2.36. The molecule has 1 N–H and O–H groups in total. The molecule has 0 aliphatic carbocycles. The van der Waals surface area contributed by atoms with Crippen LogP contribution in [-0.4, -0.2) is 29.9 Å². The first-order valence-electron chi connectivity index (χ1n) is 7.47. The fourth-order valence-electron chi connectivity index (χ4n) is 2.54. The molecular formula is C18H15N3O4. The van der Waals surface area contributed by atoms with Gasteiger partial charge in [0.15, 0.2) is 0 Å². The first kappa shape index (κ1) is 16.4. The fourth-order valence-corrected chi connectivity index (χ4v) is 2.54. The van der Waals surface area contributed by atoms with E-state index in [1.54, 1.807) is 25.3 Å². The van der Waals surface area contributed by atoms with Crippen molar-refractivity contribution in [3.05, 3.63) is 59.4 Å². The molecule has 0 radical (unpaired) electrons. The summed E-state index contributed by atoms with van der Waals surface area (Å²) in [6.07, 6.45) is 4.37. The topological polar surface area (TPSA) is 88.6 Å². The number of nitrogens with zero attached hydrogens (tertiary/aromatic N) is 2. The van der Waals surface area contributed by atoms with Gasteiger partial charge >= 0.3 is 6.03 Å². The van der Waals surface area contributed by atoms with Crippen molar-refractivity contribution in [1.82, 2.24) is 10.3 Å². The van der Waals surface area contributed by atoms with Gasteiger partial charge in [-0.2, -0.15) is 0 Å². The van der Waals surface area contributed by atoms with Gasteiger partial charge in [0.1, 0.15) is 11.3 Å². The number of hydrogen-bond donors (Lipinski definition) is 1. The summed E-state index contributed by atoms with van der Waals surface area (Å²) in [6.45, 7) is 1.86. The molecule has 7 nitrogen and oxygen atoms in total. The van der Waals surface area contributed by atoms with Crippen LogP contribution in [0.2, 0.25) is 0 Å². The highest BCUT2D eigenvalue weighted by Crippen LogP contribution is 2.23. The van der Waals surface area contributed by atoms with Crippen molar-refractivity contribution in [3.63, 3.8) is 0 Å². The zero-order chi connectivity index (χ0) is 18.0. The molecule has 1 saturated heterocycles. The number of ether oxygens (including phenoxy) is 1. The number of urea groups is 1. The Morgan fingerprint density at radius 2 is 1.84 bits per heavy atom. The number of hydrogen-bond acceptors (Lipinski definition) is 5. The van der Waals surface area contributed by atoms with Gasteiger partial charge in [-0.3, -0.25) is 19.9 Å². The SMILES string of the molecule is COc1ccc(/C=C2\C(=O)NC(=O)N(c3ccncc3)C2=O)cc1C. The molecule has 1 fully saturated rings. The Morgan fingerprint density at radius 1 is 1.12 bits per heavy atom. The van der Waals surface area contributed by atoms with Crippen molar-refractivity contribution in [3.8, 4) is 5.75 Å². The van der Waals surface area contributed by atoms with E-state index in [1.807, 2.05) is 6.92 Å². The van der Waals surface area contributed by atoms with Crippen LogP contribution in [0.25, 0.3) is 6.08 Å². The van der Waals surface area contributed by atoms with E-state index in [0.717, 1.165) is 10.5 Å². The lowest BCUT2D eigenvalue weighted by molar-refractivity contribution is -0.122. The van der Waals surface area contributed by atoms with Gasteiger partial charge in [-0.1, -0.05) is 6.07 Å². The fraction of sp³-hybridized carbons (Fsp3) is 0.111. The van der Waals surface area contributed by atoms with Crippen molar-refractivity contribution >= 4 is 29.6 Å². The third-order valence-electron chi connectivity index (χ3n) is 3.75. The van der Waals surface area contributed by atoms with E-state index in [1.165, 1.54) is 30.6 Å². The number of pyridine rings is 1. The molecule has 25 heavy (non-hydrogen) atoms. The predicted octanol–water partition coefficient (Wildman–Crippen LogP) is 2.07. The van der Waals surface area contributed by atoms with Crippen LogP contribution >= 0.6 is 0 Å². The van der Waals surface area contributed by atoms with Crippen LogP contribution in [0.3, 0.4) is 0 Å². The first-order chi connectivity index (χ1) is 12.0. The number of anilines is 1. The van der Waals surface area contributed by atoms with E-state index in [-0.39, 0.29) is 5.57 Å². The number of rotatable bonds is 3. The molecule has 1 aliphatic rings. The summed E-state index contributed by atoms with van der Waals surface area (Å²) in [6, 6.07) is 7.51. The summed E-state index contributed by atoms with van der Waals surface area (Å²) in [5.74, 6) is -0.711. The number of barbiturate groups is 1. The standard InChI is InChI=1S/C18H15N3O4/c1-11-9-12(3-4-15(11)25-2)10-14-16(22)20-18(24)21(17(14)23)13-5-7-19-8-6-13/h3-10H,1-2H3,(H,20,22,24)/b14-10+. The number of carbonyl (C=O) groups excluding carboxylic acids is 3. The van der Waals surface area contributed by atoms with Crippen LogP contribution in [0.5, 0.6) is 5.75 Å². The minimum atomic E-state index is -0.788. The van der Waals surface area contributed by atoms with Crippen molar-refractivity contribution in [2.75, 3.05) is 12.0 Å². The summed E-state index contributed by atoms with van der Waals surface area (Å²) >= 11 is 0. The number of imide groups is 2. The monoisotopic (exact) mass is 337 g/mol. The second-order valence-electron chi connectivity index (χ2n) is 5.39. The van der Waals surface area contributed by atoms with Crippen LogP contribution in [0.15, 0.2) is 48.3 Å². The zero-order valence-corrected chi connectivity index (χ0v) is 13.6. The molecule has 3 rings (SSSR count). The van der Waals surface area contributed by atoms with Gasteiger partial charge in [0.05, 0.1) is 12.8 Å². The molecule has 7 heteroatoms. The predicted molar refractivity (Wildman–Crippen MR) is 91.0 cm³/mol. The van der Waals surface area contributed by atoms with E-state index in [2.05, 4.69) is 10.3 Å². The van der Waals surface area contributed by atoms with E-state index >= 15 is 0 Å². The average Bonchev–Trinajstić information content (AvgIpc) is 2.59. The lowest BCUT2D eigenvalue weighted by Gasteiger charge is -2.26. The number of carbonyl (C=O) groups is 3. The molecule has 0 atom stereocenters. The van der Waals surface area contributed by atoms with Crippen molar-refractivity contribution in [2.24, 2.45) is 0 Å². The average molecular weight is 337 g/mol. The normalized spacial score (nSPS) is 16.2. The van der Waals surface area contributed by atoms with Crippen LogP contribution in [0, 0.1) is 6.92 Å². The molecule has 1 aliphatic heterocycles. The van der Waals surface area contributed by atoms with E-state index < -0.39 is 17.8 Å². The van der Waals surface area contributed by atoms with Gasteiger partial charge in [-0.25, -0.2) is 9.69 Å². The molecule has 126 valence electrons. The van der Waals surface area contributed by atoms with Gasteiger partial charge < -0.3 is 4.74 Å². The highest BCUT2D eigenvalue weighted by molar-refractivity contribution is 6.39. The van der Waals surface area contributed by atoms with E-state index in [0.29, 0.717) is 17.0 Å². The molecule has 1 aromatic carbocycles. The quantitative estimate of drug-likeness (QED) is 0.684. The minimum Gasteiger partial charge on any atom is -0.496 e. The Kier molecular flexibility index (Phi) is 4.30. The maximum atomic E-state index is 12.7. The second kappa shape index (κ2) is 6.56. The van der Waals surface area contributed by atoms with E-state index in [9.17, 15) is 14.4 Å². The summed E-state index contributed by atoms with van der Waals surface area (Å²) < 4.78 is 5.20. The number of aromatic nitrogens is 1. The number of nitrogens with one attached hydrogen (secondary N) is 1. The largest absolute Gasteiger partial charge is 0.496 e. The maximum absolute atomic E-state index is 12.7. The van der Waals surface area contributed by atoms with Crippen LogP contribution in [-0.2, 0) is 9.59 Å². The van der Waals surface area contributed by atoms with Gasteiger partial charge in [-0.05, 0) is 48.4 Å². The summed E-state index contributed by atoms with van der Waals surface area (Å²) in [7, 11) is 1.57. The highest BCUT2D eigenvalue weighted by atomic mass is 16.5. The summed E-state index contributed by atoms with van der Waals surface area (Å²) in [5, 5.41) is 2.18. The molecule has 1 aromatic heterocycles. The smallest absolute Gasteiger partial charge is 0.335 e. The van der Waals surface area contributed by atoms with Crippen LogP contribution in [0.1, 0.15) is 11.1 Å². The molecule has 0 saturated carbocycles. The Bertz CT molecular complexity index is 890. The van der Waals surface area contributed by atoms with Crippen molar-refractivity contribution in [2.45, 2.75) is 6.92 Å². The number of benzene rings is 1. The number of methoxy groups -OCH3 is 1. The summed E-state index contributed by atoms with van der Waals surface area (Å²) in [4.78, 5) is 41.6. The molecule has 4 amide bonds. The van der Waals surface area contributed by atoms with Crippen LogP contribution < -0.4 is 15.0 Å². The van der Waals surface area contributed by atoms with E-state index in [4.69, 9.17) is 4.74 Å². The third-order valence-corrected chi connectivity index (χ3v) is 3.75. The second-order valence-corrected chi connectivity index (χ2v) is 5.39. The third kappa shape index (κ3) is 3.12. The Morgan fingerprint density at radius 3 is 2.48 bits per heavy atom.